The summed E-state index contributed by atoms with van der Waals surface area (Å²) in [7, 11) is 0. The number of rotatable bonds is 4. The highest BCUT2D eigenvalue weighted by Crippen LogP contribution is 2.22. The molecule has 1 saturated heterocycles. The quantitative estimate of drug-likeness (QED) is 0.635. The number of non-ortho nitro benzene ring substituents is 1. The van der Waals surface area contributed by atoms with Gasteiger partial charge in [-0.2, -0.15) is 0 Å². The zero-order chi connectivity index (χ0) is 18.7. The monoisotopic (exact) mass is 357 g/mol. The highest BCUT2D eigenvalue weighted by atomic mass is 16.6. The number of hydrogen-bond donors (Lipinski definition) is 1. The Hall–Kier alpha value is -3.56. The normalized spacial score (nSPS) is 14.2. The van der Waals surface area contributed by atoms with Gasteiger partial charge in [0.05, 0.1) is 4.92 Å². The van der Waals surface area contributed by atoms with Crippen LogP contribution in [0.1, 0.15) is 21.0 Å². The lowest BCUT2D eigenvalue weighted by Crippen LogP contribution is -2.49. The lowest BCUT2D eigenvalue weighted by molar-refractivity contribution is -0.384. The summed E-state index contributed by atoms with van der Waals surface area (Å²) < 4.78 is 0. The van der Waals surface area contributed by atoms with Gasteiger partial charge in [-0.05, 0) is 6.07 Å². The first-order chi connectivity index (χ1) is 12.5. The van der Waals surface area contributed by atoms with Gasteiger partial charge in [-0.1, -0.05) is 6.07 Å². The predicted octanol–water partition coefficient (Wildman–Crippen LogP) is 1.05. The zero-order valence-corrected chi connectivity index (χ0v) is 13.6. The smallest absolute Gasteiger partial charge is 0.356 e. The zero-order valence-electron chi connectivity index (χ0n) is 13.6. The number of nitro groups is 1. The molecule has 0 bridgehead atoms. The van der Waals surface area contributed by atoms with E-state index in [2.05, 4.69) is 9.97 Å². The molecule has 1 amide bonds. The molecule has 2 heterocycles. The molecule has 0 unspecified atom stereocenters. The average molecular weight is 357 g/mol. The lowest BCUT2D eigenvalue weighted by Gasteiger charge is -2.35. The Bertz CT molecular complexity index is 864. The fourth-order valence-corrected chi connectivity index (χ4v) is 2.77. The van der Waals surface area contributed by atoms with Gasteiger partial charge in [-0.15, -0.1) is 0 Å². The van der Waals surface area contributed by atoms with Crippen molar-refractivity contribution in [2.45, 2.75) is 0 Å². The Balaban J connectivity index is 1.71. The van der Waals surface area contributed by atoms with Gasteiger partial charge in [0.2, 0.25) is 0 Å². The van der Waals surface area contributed by atoms with E-state index in [1.165, 1.54) is 29.4 Å². The summed E-state index contributed by atoms with van der Waals surface area (Å²) in [6.07, 6.45) is 2.50. The molecular weight excluding hydrogens is 342 g/mol. The number of piperazine rings is 1. The number of anilines is 1. The first kappa shape index (κ1) is 17.3. The Morgan fingerprint density at radius 1 is 1.08 bits per heavy atom. The van der Waals surface area contributed by atoms with Crippen molar-refractivity contribution < 1.29 is 19.6 Å². The fourth-order valence-electron chi connectivity index (χ4n) is 2.77. The number of carbonyl (C=O) groups excluding carboxylic acids is 1. The molecule has 2 aromatic rings. The molecule has 134 valence electrons. The average Bonchev–Trinajstić information content (AvgIpc) is 2.67. The second kappa shape index (κ2) is 7.13. The van der Waals surface area contributed by atoms with Crippen LogP contribution < -0.4 is 4.90 Å². The SMILES string of the molecule is O=C(O)c1nccnc1C(=O)N1CCN(c2cccc([N+](=O)[O-])c2)CC1. The summed E-state index contributed by atoms with van der Waals surface area (Å²) in [5.74, 6) is -1.80. The maximum absolute atomic E-state index is 12.6. The first-order valence-corrected chi connectivity index (χ1v) is 7.80. The molecule has 0 saturated carbocycles. The Morgan fingerprint density at radius 2 is 1.73 bits per heavy atom. The maximum Gasteiger partial charge on any atom is 0.356 e. The van der Waals surface area contributed by atoms with Crippen molar-refractivity contribution in [2.24, 2.45) is 0 Å². The Labute approximate surface area is 147 Å². The predicted molar refractivity (Wildman–Crippen MR) is 90.2 cm³/mol. The summed E-state index contributed by atoms with van der Waals surface area (Å²) in [6, 6.07) is 6.30. The van der Waals surface area contributed by atoms with Crippen molar-refractivity contribution in [2.75, 3.05) is 31.1 Å². The molecule has 0 spiro atoms. The number of benzene rings is 1. The largest absolute Gasteiger partial charge is 0.476 e. The number of amides is 1. The van der Waals surface area contributed by atoms with Crippen LogP contribution in [0, 0.1) is 10.1 Å². The molecule has 0 aliphatic carbocycles. The van der Waals surface area contributed by atoms with Gasteiger partial charge < -0.3 is 14.9 Å². The fraction of sp³-hybridized carbons (Fsp3) is 0.250. The number of carboxylic acids is 1. The van der Waals surface area contributed by atoms with Crippen molar-refractivity contribution in [3.05, 3.63) is 58.2 Å². The molecule has 1 aromatic heterocycles. The van der Waals surface area contributed by atoms with Gasteiger partial charge in [-0.3, -0.25) is 14.9 Å². The molecule has 26 heavy (non-hydrogen) atoms. The molecule has 0 atom stereocenters. The maximum atomic E-state index is 12.6. The van der Waals surface area contributed by atoms with Crippen molar-refractivity contribution >= 4 is 23.3 Å². The van der Waals surface area contributed by atoms with Gasteiger partial charge in [0.15, 0.2) is 11.4 Å². The van der Waals surface area contributed by atoms with E-state index in [0.717, 1.165) is 0 Å². The number of aromatic carboxylic acids is 1. The van der Waals surface area contributed by atoms with E-state index in [1.54, 1.807) is 12.1 Å². The van der Waals surface area contributed by atoms with E-state index >= 15 is 0 Å². The molecule has 10 nitrogen and oxygen atoms in total. The Kier molecular flexibility index (Phi) is 4.74. The molecule has 1 fully saturated rings. The van der Waals surface area contributed by atoms with Crippen molar-refractivity contribution in [1.82, 2.24) is 14.9 Å². The second-order valence-electron chi connectivity index (χ2n) is 5.61. The van der Waals surface area contributed by atoms with Crippen LogP contribution in [0.3, 0.4) is 0 Å². The van der Waals surface area contributed by atoms with Crippen LogP contribution in [0.4, 0.5) is 11.4 Å². The van der Waals surface area contributed by atoms with Crippen LogP contribution >= 0.6 is 0 Å². The standard InChI is InChI=1S/C16H15N5O5/c22-15(13-14(16(23)24)18-5-4-17-13)20-8-6-19(7-9-20)11-2-1-3-12(10-11)21(25)26/h1-5,10H,6-9H2,(H,23,24). The third-order valence-corrected chi connectivity index (χ3v) is 4.08. The highest BCUT2D eigenvalue weighted by Gasteiger charge is 2.27. The minimum Gasteiger partial charge on any atom is -0.476 e. The summed E-state index contributed by atoms with van der Waals surface area (Å²) in [4.78, 5) is 45.2. The summed E-state index contributed by atoms with van der Waals surface area (Å²) >= 11 is 0. The third kappa shape index (κ3) is 3.43. The van der Waals surface area contributed by atoms with Crippen molar-refractivity contribution in [1.29, 1.82) is 0 Å². The van der Waals surface area contributed by atoms with Gasteiger partial charge in [-0.25, -0.2) is 14.8 Å². The second-order valence-corrected chi connectivity index (χ2v) is 5.61. The van der Waals surface area contributed by atoms with Crippen LogP contribution in [0.2, 0.25) is 0 Å². The van der Waals surface area contributed by atoms with Gasteiger partial charge in [0.25, 0.3) is 11.6 Å². The number of aromatic nitrogens is 2. The minimum atomic E-state index is -1.31. The highest BCUT2D eigenvalue weighted by molar-refractivity contribution is 6.02. The van der Waals surface area contributed by atoms with Crippen LogP contribution in [0.15, 0.2) is 36.7 Å². The van der Waals surface area contributed by atoms with Crippen LogP contribution in [-0.2, 0) is 0 Å². The van der Waals surface area contributed by atoms with Crippen LogP contribution in [0.25, 0.3) is 0 Å². The van der Waals surface area contributed by atoms with Gasteiger partial charge in [0, 0.05) is 56.4 Å². The minimum absolute atomic E-state index is 0.00617. The van der Waals surface area contributed by atoms with Gasteiger partial charge >= 0.3 is 5.97 Å². The number of carbonyl (C=O) groups is 2. The molecular formula is C16H15N5O5. The molecule has 1 aromatic carbocycles. The number of nitro benzene ring substituents is 1. The number of carboxylic acid groups (broad SMARTS) is 1. The van der Waals surface area contributed by atoms with Crippen LogP contribution in [-0.4, -0.2) is 63.0 Å². The topological polar surface area (TPSA) is 130 Å². The molecule has 3 rings (SSSR count). The number of nitrogens with zero attached hydrogens (tertiary/aromatic N) is 5. The lowest BCUT2D eigenvalue weighted by atomic mass is 10.2. The first-order valence-electron chi connectivity index (χ1n) is 7.80. The summed E-state index contributed by atoms with van der Waals surface area (Å²) in [5, 5.41) is 20.0. The summed E-state index contributed by atoms with van der Waals surface area (Å²) in [6.45, 7) is 1.62. The van der Waals surface area contributed by atoms with Crippen LogP contribution in [0.5, 0.6) is 0 Å². The van der Waals surface area contributed by atoms with E-state index < -0.39 is 16.8 Å². The number of hydrogen-bond acceptors (Lipinski definition) is 7. The van der Waals surface area contributed by atoms with E-state index in [0.29, 0.717) is 31.9 Å². The van der Waals surface area contributed by atoms with E-state index in [4.69, 9.17) is 5.11 Å². The molecule has 1 N–H and O–H groups in total. The Morgan fingerprint density at radius 3 is 2.35 bits per heavy atom. The van der Waals surface area contributed by atoms with Gasteiger partial charge in [0.1, 0.15) is 0 Å². The van der Waals surface area contributed by atoms with Crippen molar-refractivity contribution in [3.8, 4) is 0 Å². The van der Waals surface area contributed by atoms with E-state index in [1.807, 2.05) is 4.90 Å². The molecule has 1 aliphatic rings. The third-order valence-electron chi connectivity index (χ3n) is 4.08. The van der Waals surface area contributed by atoms with E-state index in [-0.39, 0.29) is 17.1 Å². The molecule has 0 radical (unpaired) electrons. The van der Waals surface area contributed by atoms with Crippen molar-refractivity contribution in [3.63, 3.8) is 0 Å². The molecule has 10 heteroatoms. The molecule has 1 aliphatic heterocycles. The van der Waals surface area contributed by atoms with E-state index in [9.17, 15) is 19.7 Å². The summed E-state index contributed by atoms with van der Waals surface area (Å²) in [5.41, 5.74) is 0.145.